The highest BCUT2D eigenvalue weighted by molar-refractivity contribution is 7.99. The Morgan fingerprint density at radius 2 is 2.17 bits per heavy atom. The molecule has 0 aliphatic carbocycles. The van der Waals surface area contributed by atoms with Gasteiger partial charge in [0, 0.05) is 24.5 Å². The summed E-state index contributed by atoms with van der Waals surface area (Å²) >= 11 is 1.48. The Hall–Kier alpha value is -1.92. The number of carbonyl (C=O) groups is 1. The molecule has 0 spiro atoms. The lowest BCUT2D eigenvalue weighted by molar-refractivity contribution is -0.116. The first kappa shape index (κ1) is 16.0. The summed E-state index contributed by atoms with van der Waals surface area (Å²) in [7, 11) is 0. The topological polar surface area (TPSA) is 66.9 Å². The molecular weight excluding hydrogens is 308 g/mol. The van der Waals surface area contributed by atoms with Gasteiger partial charge in [0.05, 0.1) is 0 Å². The molecule has 1 aliphatic heterocycles. The predicted octanol–water partition coefficient (Wildman–Crippen LogP) is 2.96. The maximum atomic E-state index is 12.1. The molecule has 120 valence electrons. The zero-order valence-corrected chi connectivity index (χ0v) is 13.7. The van der Waals surface area contributed by atoms with Gasteiger partial charge in [0.15, 0.2) is 0 Å². The van der Waals surface area contributed by atoms with Gasteiger partial charge >= 0.3 is 0 Å². The van der Waals surface area contributed by atoms with Crippen LogP contribution in [0, 0.1) is 5.92 Å². The number of aromatic nitrogens is 2. The summed E-state index contributed by atoms with van der Waals surface area (Å²) in [6.45, 7) is 2.11. The van der Waals surface area contributed by atoms with Gasteiger partial charge in [-0.1, -0.05) is 17.8 Å². The summed E-state index contributed by atoms with van der Waals surface area (Å²) < 4.78 is 0. The van der Waals surface area contributed by atoms with E-state index in [2.05, 4.69) is 20.6 Å². The highest BCUT2D eigenvalue weighted by atomic mass is 32.2. The minimum atomic E-state index is 0.0666. The van der Waals surface area contributed by atoms with E-state index in [9.17, 15) is 4.79 Å². The number of nitrogens with zero attached hydrogens (tertiary/aromatic N) is 2. The van der Waals surface area contributed by atoms with Crippen molar-refractivity contribution in [2.75, 3.05) is 18.4 Å². The zero-order chi connectivity index (χ0) is 15.9. The Bertz CT molecular complexity index is 644. The van der Waals surface area contributed by atoms with E-state index in [0.717, 1.165) is 35.2 Å². The lowest BCUT2D eigenvalue weighted by atomic mass is 10.0. The molecular formula is C17H20N4OS. The van der Waals surface area contributed by atoms with Crippen LogP contribution in [0.2, 0.25) is 0 Å². The van der Waals surface area contributed by atoms with Gasteiger partial charge in [-0.05, 0) is 56.1 Å². The molecule has 23 heavy (non-hydrogen) atoms. The summed E-state index contributed by atoms with van der Waals surface area (Å²) in [4.78, 5) is 20.6. The first-order valence-electron chi connectivity index (χ1n) is 7.85. The number of amides is 1. The van der Waals surface area contributed by atoms with Crippen LogP contribution in [0.3, 0.4) is 0 Å². The van der Waals surface area contributed by atoms with E-state index in [0.29, 0.717) is 12.3 Å². The first-order valence-corrected chi connectivity index (χ1v) is 8.67. The number of rotatable bonds is 6. The maximum absolute atomic E-state index is 12.1. The Balaban J connectivity index is 1.53. The largest absolute Gasteiger partial charge is 0.326 e. The molecule has 3 rings (SSSR count). The van der Waals surface area contributed by atoms with Crippen LogP contribution >= 0.6 is 11.8 Å². The molecule has 0 aromatic carbocycles. The fourth-order valence-corrected chi connectivity index (χ4v) is 3.35. The summed E-state index contributed by atoms with van der Waals surface area (Å²) in [5.41, 5.74) is 0.785. The van der Waals surface area contributed by atoms with Crippen LogP contribution < -0.4 is 10.6 Å². The van der Waals surface area contributed by atoms with E-state index in [1.54, 1.807) is 12.4 Å². The second-order valence-electron chi connectivity index (χ2n) is 5.60. The van der Waals surface area contributed by atoms with Crippen LogP contribution in [-0.4, -0.2) is 29.0 Å². The van der Waals surface area contributed by atoms with Crippen LogP contribution in [0.1, 0.15) is 19.3 Å². The quantitative estimate of drug-likeness (QED) is 0.853. The molecule has 1 atom stereocenters. The lowest BCUT2D eigenvalue weighted by Crippen LogP contribution is -2.15. The average Bonchev–Trinajstić information content (AvgIpc) is 3.08. The molecule has 0 saturated carbocycles. The van der Waals surface area contributed by atoms with Gasteiger partial charge in [-0.15, -0.1) is 0 Å². The van der Waals surface area contributed by atoms with Gasteiger partial charge in [-0.2, -0.15) is 0 Å². The van der Waals surface area contributed by atoms with E-state index < -0.39 is 0 Å². The van der Waals surface area contributed by atoms with Crippen molar-refractivity contribution < 1.29 is 4.79 Å². The zero-order valence-electron chi connectivity index (χ0n) is 12.9. The highest BCUT2D eigenvalue weighted by Crippen LogP contribution is 2.25. The number of anilines is 1. The van der Waals surface area contributed by atoms with E-state index in [1.165, 1.54) is 18.2 Å². The third kappa shape index (κ3) is 5.04. The predicted molar refractivity (Wildman–Crippen MR) is 91.4 cm³/mol. The SMILES string of the molecule is O=C(CCC1CCNC1)Nc1ccnc(Sc2ccccn2)c1. The molecule has 3 heterocycles. The highest BCUT2D eigenvalue weighted by Gasteiger charge is 2.15. The van der Waals surface area contributed by atoms with Gasteiger partial charge in [-0.3, -0.25) is 4.79 Å². The molecule has 5 nitrogen and oxygen atoms in total. The summed E-state index contributed by atoms with van der Waals surface area (Å²) in [6, 6.07) is 9.46. The van der Waals surface area contributed by atoms with Crippen LogP contribution in [0.25, 0.3) is 0 Å². The second kappa shape index (κ2) is 8.08. The van der Waals surface area contributed by atoms with Crippen molar-refractivity contribution >= 4 is 23.4 Å². The minimum Gasteiger partial charge on any atom is -0.326 e. The summed E-state index contributed by atoms with van der Waals surface area (Å²) in [6.07, 6.45) is 6.15. The standard InChI is InChI=1S/C17H20N4OS/c22-15(5-4-13-6-9-18-12-13)21-14-7-10-20-17(11-14)23-16-3-1-2-8-19-16/h1-3,7-8,10-11,13,18H,4-6,9,12H2,(H,20,21,22). The van der Waals surface area contributed by atoms with Gasteiger partial charge < -0.3 is 10.6 Å². The molecule has 1 fully saturated rings. The minimum absolute atomic E-state index is 0.0666. The molecule has 0 bridgehead atoms. The number of nitrogens with one attached hydrogen (secondary N) is 2. The van der Waals surface area contributed by atoms with Gasteiger partial charge in [-0.25, -0.2) is 9.97 Å². The molecule has 2 N–H and O–H groups in total. The molecule has 1 unspecified atom stereocenters. The molecule has 6 heteroatoms. The number of pyridine rings is 2. The van der Waals surface area contributed by atoms with E-state index in [-0.39, 0.29) is 5.91 Å². The van der Waals surface area contributed by atoms with Gasteiger partial charge in [0.25, 0.3) is 0 Å². The Morgan fingerprint density at radius 1 is 1.26 bits per heavy atom. The maximum Gasteiger partial charge on any atom is 0.224 e. The van der Waals surface area contributed by atoms with Crippen molar-refractivity contribution in [3.63, 3.8) is 0 Å². The van der Waals surface area contributed by atoms with Crippen molar-refractivity contribution in [3.8, 4) is 0 Å². The third-order valence-corrected chi connectivity index (χ3v) is 4.69. The number of hydrogen-bond acceptors (Lipinski definition) is 5. The fourth-order valence-electron chi connectivity index (χ4n) is 2.58. The van der Waals surface area contributed by atoms with Crippen LogP contribution in [0.4, 0.5) is 5.69 Å². The van der Waals surface area contributed by atoms with E-state index in [1.807, 2.05) is 30.3 Å². The summed E-state index contributed by atoms with van der Waals surface area (Å²) in [5.74, 6) is 0.699. The fraction of sp³-hybridized carbons (Fsp3) is 0.353. The van der Waals surface area contributed by atoms with Crippen LogP contribution in [0.5, 0.6) is 0 Å². The summed E-state index contributed by atoms with van der Waals surface area (Å²) in [5, 5.41) is 7.99. The smallest absolute Gasteiger partial charge is 0.224 e. The third-order valence-electron chi connectivity index (χ3n) is 3.81. The number of hydrogen-bond donors (Lipinski definition) is 2. The Labute approximate surface area is 140 Å². The molecule has 1 saturated heterocycles. The molecule has 2 aromatic heterocycles. The average molecular weight is 328 g/mol. The normalized spacial score (nSPS) is 17.1. The van der Waals surface area contributed by atoms with Crippen molar-refractivity contribution in [2.24, 2.45) is 5.92 Å². The Morgan fingerprint density at radius 3 is 2.96 bits per heavy atom. The lowest BCUT2D eigenvalue weighted by Gasteiger charge is -2.09. The van der Waals surface area contributed by atoms with Crippen LogP contribution in [0.15, 0.2) is 52.8 Å². The van der Waals surface area contributed by atoms with Crippen molar-refractivity contribution in [1.82, 2.24) is 15.3 Å². The molecule has 2 aromatic rings. The van der Waals surface area contributed by atoms with Gasteiger partial charge in [0.2, 0.25) is 5.91 Å². The molecule has 1 amide bonds. The molecule has 0 radical (unpaired) electrons. The monoisotopic (exact) mass is 328 g/mol. The van der Waals surface area contributed by atoms with Gasteiger partial charge in [0.1, 0.15) is 10.1 Å². The Kier molecular flexibility index (Phi) is 5.60. The second-order valence-corrected chi connectivity index (χ2v) is 6.64. The van der Waals surface area contributed by atoms with Crippen molar-refractivity contribution in [2.45, 2.75) is 29.3 Å². The van der Waals surface area contributed by atoms with Crippen molar-refractivity contribution in [3.05, 3.63) is 42.7 Å². The van der Waals surface area contributed by atoms with Crippen LogP contribution in [-0.2, 0) is 4.79 Å². The first-order chi connectivity index (χ1) is 11.3. The molecule has 1 aliphatic rings. The number of carbonyl (C=O) groups excluding carboxylic acids is 1. The van der Waals surface area contributed by atoms with E-state index >= 15 is 0 Å². The van der Waals surface area contributed by atoms with Crippen molar-refractivity contribution in [1.29, 1.82) is 0 Å². The van der Waals surface area contributed by atoms with E-state index in [4.69, 9.17) is 0 Å².